The second-order valence-electron chi connectivity index (χ2n) is 4.89. The number of nitrogens with two attached hydrogens (primary N) is 1. The molecule has 1 aliphatic rings. The Morgan fingerprint density at radius 1 is 1.42 bits per heavy atom. The van der Waals surface area contributed by atoms with Gasteiger partial charge in [0.2, 0.25) is 0 Å². The highest BCUT2D eigenvalue weighted by Gasteiger charge is 2.13. The lowest BCUT2D eigenvalue weighted by atomic mass is 9.95. The van der Waals surface area contributed by atoms with Crippen molar-refractivity contribution < 1.29 is 9.90 Å². The van der Waals surface area contributed by atoms with Crippen molar-refractivity contribution >= 4 is 24.1 Å². The van der Waals surface area contributed by atoms with Crippen LogP contribution in [0.1, 0.15) is 41.6 Å². The number of hydrogen-bond donors (Lipinski definition) is 2. The highest BCUT2D eigenvalue weighted by molar-refractivity contribution is 5.88. The van der Waals surface area contributed by atoms with E-state index in [2.05, 4.69) is 5.32 Å². The molecule has 5 heteroatoms. The molecule has 2 rings (SSSR count). The molecule has 1 fully saturated rings. The first-order valence-electron chi connectivity index (χ1n) is 6.50. The number of carboxylic acid groups (broad SMARTS) is 1. The number of benzene rings is 1. The van der Waals surface area contributed by atoms with Crippen LogP contribution in [0.3, 0.4) is 0 Å². The molecule has 106 valence electrons. The van der Waals surface area contributed by atoms with Crippen LogP contribution >= 0.6 is 12.4 Å². The predicted octanol–water partition coefficient (Wildman–Crippen LogP) is 1.13. The van der Waals surface area contributed by atoms with E-state index in [0.29, 0.717) is 11.7 Å². The quantitative estimate of drug-likeness (QED) is 0.812. The number of rotatable bonds is 4. The molecule has 0 saturated carbocycles. The Morgan fingerprint density at radius 3 is 2.84 bits per heavy atom. The minimum absolute atomic E-state index is 0. The first kappa shape index (κ1) is 15.8. The van der Waals surface area contributed by atoms with Crippen molar-refractivity contribution in [1.29, 1.82) is 0 Å². The number of carbonyl (C=O) groups excluding carboxylic acids is 1. The van der Waals surface area contributed by atoms with Gasteiger partial charge in [0.15, 0.2) is 0 Å². The second kappa shape index (κ2) is 7.36. The van der Waals surface area contributed by atoms with E-state index in [0.717, 1.165) is 24.9 Å². The summed E-state index contributed by atoms with van der Waals surface area (Å²) in [6.07, 6.45) is 5.33. The SMILES string of the molecule is Cl.Nc1ccc(C(=O)[O-])c(CCC2CCCCN2)c1. The molecule has 0 spiro atoms. The molecule has 4 nitrogen and oxygen atoms in total. The zero-order valence-corrected chi connectivity index (χ0v) is 11.7. The molecular formula is C14H20ClN2O2-. The van der Waals surface area contributed by atoms with E-state index in [1.54, 1.807) is 12.1 Å². The van der Waals surface area contributed by atoms with Gasteiger partial charge in [-0.1, -0.05) is 12.5 Å². The summed E-state index contributed by atoms with van der Waals surface area (Å²) in [7, 11) is 0. The van der Waals surface area contributed by atoms with Gasteiger partial charge in [0.25, 0.3) is 0 Å². The molecule has 0 radical (unpaired) electrons. The van der Waals surface area contributed by atoms with Gasteiger partial charge in [-0.05, 0) is 49.9 Å². The smallest absolute Gasteiger partial charge is 0.0718 e. The Balaban J connectivity index is 0.00000180. The number of nitrogens with one attached hydrogen (secondary N) is 1. The minimum atomic E-state index is -1.12. The second-order valence-corrected chi connectivity index (χ2v) is 4.89. The van der Waals surface area contributed by atoms with Crippen LogP contribution in [0.15, 0.2) is 18.2 Å². The van der Waals surface area contributed by atoms with E-state index >= 15 is 0 Å². The number of nitrogen functional groups attached to an aromatic ring is 1. The fourth-order valence-corrected chi connectivity index (χ4v) is 2.52. The molecule has 1 aliphatic heterocycles. The zero-order chi connectivity index (χ0) is 13.0. The lowest BCUT2D eigenvalue weighted by molar-refractivity contribution is -0.255. The van der Waals surface area contributed by atoms with Gasteiger partial charge in [0.05, 0.1) is 5.97 Å². The van der Waals surface area contributed by atoms with E-state index in [-0.39, 0.29) is 18.0 Å². The largest absolute Gasteiger partial charge is 0.545 e. The standard InChI is InChI=1S/C14H20N2O2.ClH/c15-11-5-7-13(14(17)18)10(9-11)4-6-12-3-1-2-8-16-12;/h5,7,9,12,16H,1-4,6,8,15H2,(H,17,18);1H/p-1. The topological polar surface area (TPSA) is 78.2 Å². The van der Waals surface area contributed by atoms with Gasteiger partial charge in [0.1, 0.15) is 0 Å². The van der Waals surface area contributed by atoms with Crippen molar-refractivity contribution in [2.45, 2.75) is 38.1 Å². The normalized spacial score (nSPS) is 18.6. The van der Waals surface area contributed by atoms with E-state index < -0.39 is 5.97 Å². The van der Waals surface area contributed by atoms with Crippen molar-refractivity contribution in [3.8, 4) is 0 Å². The van der Waals surface area contributed by atoms with E-state index in [1.807, 2.05) is 0 Å². The number of halogens is 1. The Labute approximate surface area is 119 Å². The van der Waals surface area contributed by atoms with E-state index in [4.69, 9.17) is 5.73 Å². The van der Waals surface area contributed by atoms with Crippen molar-refractivity contribution in [2.24, 2.45) is 0 Å². The molecule has 19 heavy (non-hydrogen) atoms. The third-order valence-electron chi connectivity index (χ3n) is 3.52. The van der Waals surface area contributed by atoms with Crippen LogP contribution in [0.25, 0.3) is 0 Å². The van der Waals surface area contributed by atoms with Gasteiger partial charge in [0, 0.05) is 17.3 Å². The summed E-state index contributed by atoms with van der Waals surface area (Å²) >= 11 is 0. The van der Waals surface area contributed by atoms with Gasteiger partial charge in [-0.15, -0.1) is 12.4 Å². The van der Waals surface area contributed by atoms with Crippen LogP contribution in [0.2, 0.25) is 0 Å². The Morgan fingerprint density at radius 2 is 2.21 bits per heavy atom. The molecule has 1 unspecified atom stereocenters. The van der Waals surface area contributed by atoms with Crippen molar-refractivity contribution in [3.05, 3.63) is 29.3 Å². The van der Waals surface area contributed by atoms with Crippen molar-refractivity contribution in [3.63, 3.8) is 0 Å². The van der Waals surface area contributed by atoms with Crippen LogP contribution in [-0.2, 0) is 6.42 Å². The summed E-state index contributed by atoms with van der Waals surface area (Å²) in [5.41, 5.74) is 7.35. The average Bonchev–Trinajstić information content (AvgIpc) is 2.37. The van der Waals surface area contributed by atoms with Gasteiger partial charge < -0.3 is 21.0 Å². The molecule has 3 N–H and O–H groups in total. The highest BCUT2D eigenvalue weighted by Crippen LogP contribution is 2.18. The Bertz CT molecular complexity index is 431. The molecule has 0 aliphatic carbocycles. The van der Waals surface area contributed by atoms with Gasteiger partial charge >= 0.3 is 0 Å². The lowest BCUT2D eigenvalue weighted by Gasteiger charge is -2.24. The molecule has 0 amide bonds. The predicted molar refractivity (Wildman–Crippen MR) is 76.4 cm³/mol. The third kappa shape index (κ3) is 4.40. The van der Waals surface area contributed by atoms with Crippen LogP contribution in [-0.4, -0.2) is 18.6 Å². The molecule has 0 aromatic heterocycles. The van der Waals surface area contributed by atoms with Crippen molar-refractivity contribution in [2.75, 3.05) is 12.3 Å². The Kier molecular flexibility index (Phi) is 6.12. The summed E-state index contributed by atoms with van der Waals surface area (Å²) in [5, 5.41) is 14.5. The minimum Gasteiger partial charge on any atom is -0.545 e. The van der Waals surface area contributed by atoms with E-state index in [1.165, 1.54) is 25.3 Å². The summed E-state index contributed by atoms with van der Waals surface area (Å²) in [4.78, 5) is 11.0. The van der Waals surface area contributed by atoms with Gasteiger partial charge in [-0.3, -0.25) is 0 Å². The number of carboxylic acids is 1. The van der Waals surface area contributed by atoms with Gasteiger partial charge in [-0.2, -0.15) is 0 Å². The van der Waals surface area contributed by atoms with Crippen LogP contribution in [0.4, 0.5) is 5.69 Å². The fraction of sp³-hybridized carbons (Fsp3) is 0.500. The van der Waals surface area contributed by atoms with Crippen LogP contribution < -0.4 is 16.2 Å². The van der Waals surface area contributed by atoms with Crippen molar-refractivity contribution in [1.82, 2.24) is 5.32 Å². The summed E-state index contributed by atoms with van der Waals surface area (Å²) in [6, 6.07) is 5.38. The van der Waals surface area contributed by atoms with Gasteiger partial charge in [-0.25, -0.2) is 0 Å². The number of aromatic carboxylic acids is 1. The molecular weight excluding hydrogens is 264 g/mol. The van der Waals surface area contributed by atoms with Crippen LogP contribution in [0, 0.1) is 0 Å². The summed E-state index contributed by atoms with van der Waals surface area (Å²) < 4.78 is 0. The third-order valence-corrected chi connectivity index (χ3v) is 3.52. The maximum absolute atomic E-state index is 11.0. The molecule has 1 aromatic carbocycles. The fourth-order valence-electron chi connectivity index (χ4n) is 2.52. The molecule has 1 aromatic rings. The maximum atomic E-state index is 11.0. The lowest BCUT2D eigenvalue weighted by Crippen LogP contribution is -2.34. The molecule has 0 bridgehead atoms. The Hall–Kier alpha value is -1.26. The highest BCUT2D eigenvalue weighted by atomic mass is 35.5. The number of carbonyl (C=O) groups is 1. The first-order valence-corrected chi connectivity index (χ1v) is 6.50. The molecule has 1 heterocycles. The maximum Gasteiger partial charge on any atom is 0.0718 e. The summed E-state index contributed by atoms with van der Waals surface area (Å²) in [5.74, 6) is -1.12. The zero-order valence-electron chi connectivity index (χ0n) is 10.9. The summed E-state index contributed by atoms with van der Waals surface area (Å²) in [6.45, 7) is 1.06. The first-order chi connectivity index (χ1) is 8.66. The number of anilines is 1. The molecule has 1 saturated heterocycles. The average molecular weight is 284 g/mol. The number of aryl methyl sites for hydroxylation is 1. The molecule has 1 atom stereocenters. The number of piperidine rings is 1. The van der Waals surface area contributed by atoms with E-state index in [9.17, 15) is 9.90 Å². The van der Waals surface area contributed by atoms with Crippen LogP contribution in [0.5, 0.6) is 0 Å². The monoisotopic (exact) mass is 283 g/mol. The number of hydrogen-bond acceptors (Lipinski definition) is 4.